The van der Waals surface area contributed by atoms with Crippen molar-refractivity contribution in [1.82, 2.24) is 16.3 Å². The minimum Gasteiger partial charge on any atom is -0.378 e. The van der Waals surface area contributed by atoms with Crippen molar-refractivity contribution in [3.8, 4) is 0 Å². The van der Waals surface area contributed by atoms with Crippen LogP contribution in [0.2, 0.25) is 0 Å². The number of hydrogen-bond donors (Lipinski definition) is 3. The van der Waals surface area contributed by atoms with Crippen LogP contribution in [0.25, 0.3) is 0 Å². The Labute approximate surface area is 137 Å². The molecule has 6 nitrogen and oxygen atoms in total. The zero-order chi connectivity index (χ0) is 16.2. The van der Waals surface area contributed by atoms with E-state index in [1.165, 1.54) is 12.8 Å². The minimum atomic E-state index is -0.187. The molecule has 3 atom stereocenters. The first kappa shape index (κ1) is 16.0. The van der Waals surface area contributed by atoms with Crippen molar-refractivity contribution in [2.75, 3.05) is 19.0 Å². The van der Waals surface area contributed by atoms with Crippen molar-refractivity contribution in [2.45, 2.75) is 37.8 Å². The lowest BCUT2D eigenvalue weighted by atomic mass is 9.81. The Morgan fingerprint density at radius 2 is 1.96 bits per heavy atom. The van der Waals surface area contributed by atoms with Gasteiger partial charge in [-0.25, -0.2) is 10.9 Å². The fourth-order valence-electron chi connectivity index (χ4n) is 3.40. The van der Waals surface area contributed by atoms with Crippen molar-refractivity contribution < 1.29 is 4.79 Å². The van der Waals surface area contributed by atoms with Gasteiger partial charge in [0.25, 0.3) is 5.91 Å². The number of nitrogens with one attached hydrogen (secondary N) is 3. The Kier molecular flexibility index (Phi) is 4.93. The molecule has 0 aromatic heterocycles. The van der Waals surface area contributed by atoms with E-state index >= 15 is 0 Å². The van der Waals surface area contributed by atoms with Crippen LogP contribution in [0.3, 0.4) is 0 Å². The second kappa shape index (κ2) is 7.10. The first-order valence-electron chi connectivity index (χ1n) is 8.26. The standard InChI is InChI=1S/C17H25N5O/c1-22(2)13-9-7-12(8-10-13)11-18-21-17(23)16-14-5-3-4-6-15(14)19-20-16/h7-11,14-16,19-20H,3-6H2,1-2H3,(H,21,23)/b18-11+. The molecule has 3 unspecified atom stereocenters. The van der Waals surface area contributed by atoms with Crippen LogP contribution in [0.15, 0.2) is 29.4 Å². The average Bonchev–Trinajstić information content (AvgIpc) is 2.99. The highest BCUT2D eigenvalue weighted by Crippen LogP contribution is 2.30. The van der Waals surface area contributed by atoms with Crippen molar-refractivity contribution in [3.63, 3.8) is 0 Å². The summed E-state index contributed by atoms with van der Waals surface area (Å²) in [7, 11) is 4.01. The van der Waals surface area contributed by atoms with Crippen LogP contribution in [0.5, 0.6) is 0 Å². The lowest BCUT2D eigenvalue weighted by molar-refractivity contribution is -0.123. The molecule has 3 N–H and O–H groups in total. The SMILES string of the molecule is CN(C)c1ccc(/C=N/NC(=O)C2NNC3CCCCC32)cc1. The molecule has 0 spiro atoms. The molecule has 1 aliphatic carbocycles. The van der Waals surface area contributed by atoms with Gasteiger partial charge in [0.1, 0.15) is 6.04 Å². The number of nitrogens with zero attached hydrogens (tertiary/aromatic N) is 2. The molecule has 2 aliphatic rings. The highest BCUT2D eigenvalue weighted by molar-refractivity contribution is 5.85. The molecular formula is C17H25N5O. The van der Waals surface area contributed by atoms with E-state index in [0.717, 1.165) is 24.1 Å². The van der Waals surface area contributed by atoms with Gasteiger partial charge in [-0.1, -0.05) is 25.0 Å². The molecule has 1 aromatic rings. The van der Waals surface area contributed by atoms with E-state index in [1.54, 1.807) is 6.21 Å². The molecule has 0 radical (unpaired) electrons. The average molecular weight is 315 g/mol. The lowest BCUT2D eigenvalue weighted by Crippen LogP contribution is -2.44. The molecule has 6 heteroatoms. The van der Waals surface area contributed by atoms with Crippen molar-refractivity contribution in [2.24, 2.45) is 11.0 Å². The number of anilines is 1. The first-order valence-corrected chi connectivity index (χ1v) is 8.26. The molecule has 1 heterocycles. The highest BCUT2D eigenvalue weighted by Gasteiger charge is 2.40. The quantitative estimate of drug-likeness (QED) is 0.577. The van der Waals surface area contributed by atoms with E-state index in [1.807, 2.05) is 43.3 Å². The van der Waals surface area contributed by atoms with Gasteiger partial charge in [0.15, 0.2) is 0 Å². The molecule has 1 amide bonds. The zero-order valence-corrected chi connectivity index (χ0v) is 13.7. The van der Waals surface area contributed by atoms with Crippen LogP contribution in [0.1, 0.15) is 31.2 Å². The molecule has 1 aromatic carbocycles. The van der Waals surface area contributed by atoms with Crippen molar-refractivity contribution >= 4 is 17.8 Å². The van der Waals surface area contributed by atoms with Gasteiger partial charge >= 0.3 is 0 Å². The monoisotopic (exact) mass is 315 g/mol. The minimum absolute atomic E-state index is 0.0620. The largest absolute Gasteiger partial charge is 0.378 e. The summed E-state index contributed by atoms with van der Waals surface area (Å²) in [6, 6.07) is 8.25. The molecule has 1 saturated heterocycles. The molecule has 0 bridgehead atoms. The zero-order valence-electron chi connectivity index (χ0n) is 13.7. The molecular weight excluding hydrogens is 290 g/mol. The summed E-state index contributed by atoms with van der Waals surface area (Å²) in [6.07, 6.45) is 6.36. The van der Waals surface area contributed by atoms with Gasteiger partial charge in [-0.05, 0) is 30.5 Å². The summed E-state index contributed by atoms with van der Waals surface area (Å²) < 4.78 is 0. The summed E-state index contributed by atoms with van der Waals surface area (Å²) in [5, 5.41) is 4.09. The number of carbonyl (C=O) groups is 1. The molecule has 1 saturated carbocycles. The van der Waals surface area contributed by atoms with E-state index in [0.29, 0.717) is 12.0 Å². The maximum absolute atomic E-state index is 12.3. The predicted molar refractivity (Wildman–Crippen MR) is 92.3 cm³/mol. The number of hydrazine groups is 1. The van der Waals surface area contributed by atoms with E-state index < -0.39 is 0 Å². The van der Waals surface area contributed by atoms with Gasteiger partial charge in [0, 0.05) is 31.7 Å². The van der Waals surface area contributed by atoms with Gasteiger partial charge in [-0.2, -0.15) is 5.10 Å². The summed E-state index contributed by atoms with van der Waals surface area (Å²) in [5.74, 6) is 0.311. The molecule has 1 aliphatic heterocycles. The van der Waals surface area contributed by atoms with Gasteiger partial charge in [0.05, 0.1) is 6.21 Å². The van der Waals surface area contributed by atoms with E-state index in [-0.39, 0.29) is 11.9 Å². The summed E-state index contributed by atoms with van der Waals surface area (Å²) in [5.41, 5.74) is 11.1. The van der Waals surface area contributed by atoms with Gasteiger partial charge in [-0.3, -0.25) is 10.2 Å². The third-order valence-corrected chi connectivity index (χ3v) is 4.75. The van der Waals surface area contributed by atoms with Crippen LogP contribution in [-0.4, -0.2) is 38.3 Å². The Hall–Kier alpha value is -1.92. The van der Waals surface area contributed by atoms with E-state index in [4.69, 9.17) is 0 Å². The first-order chi connectivity index (χ1) is 11.1. The number of fused-ring (bicyclic) bond motifs is 1. The molecule has 3 rings (SSSR count). The summed E-state index contributed by atoms with van der Waals surface area (Å²) in [6.45, 7) is 0. The fraction of sp³-hybridized carbons (Fsp3) is 0.529. The van der Waals surface area contributed by atoms with Gasteiger partial charge < -0.3 is 4.90 Å². The maximum Gasteiger partial charge on any atom is 0.258 e. The number of benzene rings is 1. The van der Waals surface area contributed by atoms with Crippen molar-refractivity contribution in [1.29, 1.82) is 0 Å². The topological polar surface area (TPSA) is 68.8 Å². The second-order valence-electron chi connectivity index (χ2n) is 6.54. The summed E-state index contributed by atoms with van der Waals surface area (Å²) in [4.78, 5) is 14.3. The van der Waals surface area contributed by atoms with E-state index in [9.17, 15) is 4.79 Å². The van der Waals surface area contributed by atoms with Crippen molar-refractivity contribution in [3.05, 3.63) is 29.8 Å². The third-order valence-electron chi connectivity index (χ3n) is 4.75. The predicted octanol–water partition coefficient (Wildman–Crippen LogP) is 1.24. The Bertz CT molecular complexity index is 569. The highest BCUT2D eigenvalue weighted by atomic mass is 16.2. The summed E-state index contributed by atoms with van der Waals surface area (Å²) >= 11 is 0. The number of hydrazone groups is 1. The van der Waals surface area contributed by atoms with Crippen LogP contribution >= 0.6 is 0 Å². The van der Waals surface area contributed by atoms with Gasteiger partial charge in [0.2, 0.25) is 0 Å². The number of carbonyl (C=O) groups excluding carboxylic acids is 1. The lowest BCUT2D eigenvalue weighted by Gasteiger charge is -2.26. The van der Waals surface area contributed by atoms with E-state index in [2.05, 4.69) is 21.4 Å². The fourth-order valence-corrected chi connectivity index (χ4v) is 3.40. The number of hydrogen-bond acceptors (Lipinski definition) is 5. The van der Waals surface area contributed by atoms with Crippen LogP contribution in [-0.2, 0) is 4.79 Å². The Morgan fingerprint density at radius 1 is 1.22 bits per heavy atom. The van der Waals surface area contributed by atoms with Gasteiger partial charge in [-0.15, -0.1) is 0 Å². The second-order valence-corrected chi connectivity index (χ2v) is 6.54. The van der Waals surface area contributed by atoms with Crippen LogP contribution in [0, 0.1) is 5.92 Å². The Morgan fingerprint density at radius 3 is 2.70 bits per heavy atom. The number of amides is 1. The van der Waals surface area contributed by atoms with Crippen LogP contribution < -0.4 is 21.2 Å². The normalized spacial score (nSPS) is 27.0. The molecule has 23 heavy (non-hydrogen) atoms. The third kappa shape index (κ3) is 3.71. The molecule has 2 fully saturated rings. The van der Waals surface area contributed by atoms with Crippen LogP contribution in [0.4, 0.5) is 5.69 Å². The smallest absolute Gasteiger partial charge is 0.258 e. The maximum atomic E-state index is 12.3. The molecule has 124 valence electrons. The number of rotatable bonds is 4. The Balaban J connectivity index is 1.54.